The van der Waals surface area contributed by atoms with Crippen molar-refractivity contribution < 1.29 is 0 Å². The first-order valence-corrected chi connectivity index (χ1v) is 6.74. The second-order valence-corrected chi connectivity index (χ2v) is 4.57. The van der Waals surface area contributed by atoms with Crippen molar-refractivity contribution in [1.29, 1.82) is 0 Å². The van der Waals surface area contributed by atoms with Gasteiger partial charge in [0.1, 0.15) is 5.84 Å². The summed E-state index contributed by atoms with van der Waals surface area (Å²) in [7, 11) is 1.84. The van der Waals surface area contributed by atoms with Crippen molar-refractivity contribution in [2.45, 2.75) is 6.92 Å². The molecule has 7 nitrogen and oxygen atoms in total. The van der Waals surface area contributed by atoms with E-state index in [-0.39, 0.29) is 5.56 Å². The van der Waals surface area contributed by atoms with E-state index in [1.807, 2.05) is 20.2 Å². The lowest BCUT2D eigenvalue weighted by molar-refractivity contribution is 0.768. The van der Waals surface area contributed by atoms with Crippen molar-refractivity contribution in [2.24, 2.45) is 17.0 Å². The lowest BCUT2D eigenvalue weighted by Crippen LogP contribution is -2.14. The Bertz CT molecular complexity index is 768. The molecule has 0 amide bonds. The van der Waals surface area contributed by atoms with Gasteiger partial charge in [-0.05, 0) is 13.6 Å². The van der Waals surface area contributed by atoms with Crippen molar-refractivity contribution in [1.82, 2.24) is 14.8 Å². The molecule has 0 saturated heterocycles. The highest BCUT2D eigenvalue weighted by Crippen LogP contribution is 2.25. The van der Waals surface area contributed by atoms with Crippen LogP contribution in [0.5, 0.6) is 0 Å². The average molecular weight is 298 g/mol. The zero-order valence-electron chi connectivity index (χ0n) is 12.6. The Morgan fingerprint density at radius 1 is 1.59 bits per heavy atom. The van der Waals surface area contributed by atoms with Gasteiger partial charge in [0.15, 0.2) is 0 Å². The number of aryl methyl sites for hydroxylation is 1. The van der Waals surface area contributed by atoms with Crippen molar-refractivity contribution in [3.63, 3.8) is 0 Å². The number of aliphatic imine (C=N–C) groups is 2. The Morgan fingerprint density at radius 3 is 3.05 bits per heavy atom. The number of allylic oxidation sites excluding steroid dienone is 1. The van der Waals surface area contributed by atoms with Gasteiger partial charge in [0.05, 0.1) is 12.7 Å². The second-order valence-electron chi connectivity index (χ2n) is 4.57. The van der Waals surface area contributed by atoms with E-state index in [1.165, 1.54) is 6.07 Å². The zero-order chi connectivity index (χ0) is 15.9. The minimum Gasteiger partial charge on any atom is -0.377 e. The number of hydrogen-bond acceptors (Lipinski definition) is 4. The molecule has 0 aliphatic heterocycles. The first-order valence-electron chi connectivity index (χ1n) is 6.74. The summed E-state index contributed by atoms with van der Waals surface area (Å²) in [5, 5.41) is 7.31. The van der Waals surface area contributed by atoms with Crippen LogP contribution in [0.2, 0.25) is 0 Å². The van der Waals surface area contributed by atoms with Gasteiger partial charge in [-0.2, -0.15) is 5.10 Å². The highest BCUT2D eigenvalue weighted by Gasteiger charge is 2.08. The van der Waals surface area contributed by atoms with Gasteiger partial charge in [-0.15, -0.1) is 0 Å². The lowest BCUT2D eigenvalue weighted by atomic mass is 10.1. The SMILES string of the molecule is C=NC(CNc1cc(=O)[nH]cc1-c1cnn(C)c1)=N/C=C\C. The third kappa shape index (κ3) is 3.78. The zero-order valence-corrected chi connectivity index (χ0v) is 12.6. The summed E-state index contributed by atoms with van der Waals surface area (Å²) in [6.45, 7) is 5.73. The van der Waals surface area contributed by atoms with E-state index in [0.29, 0.717) is 18.1 Å². The molecule has 2 rings (SSSR count). The summed E-state index contributed by atoms with van der Waals surface area (Å²) < 4.78 is 1.70. The van der Waals surface area contributed by atoms with Crippen molar-refractivity contribution in [2.75, 3.05) is 11.9 Å². The molecule has 0 unspecified atom stereocenters. The average Bonchev–Trinajstić information content (AvgIpc) is 2.94. The molecule has 0 aliphatic carbocycles. The molecular weight excluding hydrogens is 280 g/mol. The fraction of sp³-hybridized carbons (Fsp3) is 0.200. The highest BCUT2D eigenvalue weighted by atomic mass is 16.1. The molecule has 0 radical (unpaired) electrons. The molecule has 22 heavy (non-hydrogen) atoms. The van der Waals surface area contributed by atoms with Gasteiger partial charge >= 0.3 is 0 Å². The monoisotopic (exact) mass is 298 g/mol. The lowest BCUT2D eigenvalue weighted by Gasteiger charge is -2.10. The summed E-state index contributed by atoms with van der Waals surface area (Å²) in [6.07, 6.45) is 8.72. The van der Waals surface area contributed by atoms with Gasteiger partial charge < -0.3 is 10.3 Å². The Morgan fingerprint density at radius 2 is 2.41 bits per heavy atom. The number of H-pyrrole nitrogens is 1. The summed E-state index contributed by atoms with van der Waals surface area (Å²) in [5.74, 6) is 0.538. The second kappa shape index (κ2) is 7.16. The van der Waals surface area contributed by atoms with Gasteiger partial charge in [-0.1, -0.05) is 6.08 Å². The molecule has 114 valence electrons. The molecule has 0 aliphatic rings. The quantitative estimate of drug-likeness (QED) is 0.652. The van der Waals surface area contributed by atoms with Gasteiger partial charge in [-0.3, -0.25) is 9.48 Å². The standard InChI is InChI=1S/C15H18N6O/c1-4-5-17-14(16-2)9-18-13-6-15(22)19-8-12(13)11-7-20-21(3)10-11/h4-8,10H,2,9H2,1,3H3,(H2,18,19,22)/b5-4-,17-14?. The number of aromatic nitrogens is 3. The number of aromatic amines is 1. The summed E-state index contributed by atoms with van der Waals surface area (Å²) in [5.41, 5.74) is 2.25. The molecule has 0 bridgehead atoms. The Labute approximate surface area is 128 Å². The molecule has 2 aromatic heterocycles. The van der Waals surface area contributed by atoms with Crippen LogP contribution in [0.3, 0.4) is 0 Å². The molecule has 0 atom stereocenters. The van der Waals surface area contributed by atoms with Crippen LogP contribution in [0.25, 0.3) is 11.1 Å². The van der Waals surface area contributed by atoms with Gasteiger partial charge in [0, 0.05) is 48.5 Å². The smallest absolute Gasteiger partial charge is 0.250 e. The predicted octanol–water partition coefficient (Wildman–Crippen LogP) is 1.82. The number of amidine groups is 1. The fourth-order valence-corrected chi connectivity index (χ4v) is 1.89. The largest absolute Gasteiger partial charge is 0.377 e. The summed E-state index contributed by atoms with van der Waals surface area (Å²) >= 11 is 0. The number of pyridine rings is 1. The third-order valence-electron chi connectivity index (χ3n) is 2.93. The van der Waals surface area contributed by atoms with Crippen LogP contribution < -0.4 is 10.9 Å². The molecule has 0 aromatic carbocycles. The van der Waals surface area contributed by atoms with Gasteiger partial charge in [-0.25, -0.2) is 9.98 Å². The van der Waals surface area contributed by atoms with Crippen LogP contribution in [0, 0.1) is 0 Å². The minimum absolute atomic E-state index is 0.186. The molecule has 2 aromatic rings. The highest BCUT2D eigenvalue weighted by molar-refractivity contribution is 5.91. The fourth-order valence-electron chi connectivity index (χ4n) is 1.89. The number of hydrogen-bond donors (Lipinski definition) is 2. The van der Waals surface area contributed by atoms with Crippen LogP contribution in [-0.4, -0.2) is 33.9 Å². The van der Waals surface area contributed by atoms with Crippen LogP contribution in [0.1, 0.15) is 6.92 Å². The molecule has 7 heteroatoms. The van der Waals surface area contributed by atoms with Crippen LogP contribution >= 0.6 is 0 Å². The Hall–Kier alpha value is -2.96. The van der Waals surface area contributed by atoms with Crippen molar-refractivity contribution in [3.05, 3.63) is 47.3 Å². The van der Waals surface area contributed by atoms with Crippen molar-refractivity contribution in [3.8, 4) is 11.1 Å². The molecule has 0 spiro atoms. The maximum atomic E-state index is 11.6. The summed E-state index contributed by atoms with van der Waals surface area (Å²) in [4.78, 5) is 22.2. The van der Waals surface area contributed by atoms with Crippen LogP contribution in [0.15, 0.2) is 51.7 Å². The molecule has 0 saturated carbocycles. The molecule has 0 fully saturated rings. The maximum Gasteiger partial charge on any atom is 0.250 e. The maximum absolute atomic E-state index is 11.6. The normalized spacial score (nSPS) is 11.8. The first-order chi connectivity index (χ1) is 10.6. The number of nitrogens with zero attached hydrogens (tertiary/aromatic N) is 4. The van der Waals surface area contributed by atoms with Crippen molar-refractivity contribution >= 4 is 18.2 Å². The van der Waals surface area contributed by atoms with E-state index in [1.54, 1.807) is 29.4 Å². The number of nitrogens with one attached hydrogen (secondary N) is 2. The molecular formula is C15H18N6O. The topological polar surface area (TPSA) is 87.4 Å². The van der Waals surface area contributed by atoms with E-state index in [0.717, 1.165) is 11.1 Å². The number of rotatable bonds is 5. The first kappa shape index (κ1) is 15.4. The van der Waals surface area contributed by atoms with E-state index in [4.69, 9.17) is 0 Å². The predicted molar refractivity (Wildman–Crippen MR) is 89.6 cm³/mol. The van der Waals surface area contributed by atoms with E-state index in [9.17, 15) is 4.79 Å². The third-order valence-corrected chi connectivity index (χ3v) is 2.93. The summed E-state index contributed by atoms with van der Waals surface area (Å²) in [6, 6.07) is 1.50. The minimum atomic E-state index is -0.186. The van der Waals surface area contributed by atoms with Crippen LogP contribution in [-0.2, 0) is 7.05 Å². The van der Waals surface area contributed by atoms with E-state index in [2.05, 4.69) is 32.1 Å². The molecule has 2 heterocycles. The number of anilines is 1. The van der Waals surface area contributed by atoms with Gasteiger partial charge in [0.25, 0.3) is 0 Å². The van der Waals surface area contributed by atoms with E-state index >= 15 is 0 Å². The van der Waals surface area contributed by atoms with Gasteiger partial charge in [0.2, 0.25) is 5.56 Å². The van der Waals surface area contributed by atoms with E-state index < -0.39 is 0 Å². The van der Waals surface area contributed by atoms with Crippen LogP contribution in [0.4, 0.5) is 5.69 Å². The molecule has 2 N–H and O–H groups in total. The Balaban J connectivity index is 2.28. The Kier molecular flexibility index (Phi) is 5.02.